The van der Waals surface area contributed by atoms with Crippen LogP contribution in [0.3, 0.4) is 0 Å². The topological polar surface area (TPSA) is 97.6 Å². The van der Waals surface area contributed by atoms with Crippen LogP contribution in [-0.2, 0) is 29.0 Å². The maximum absolute atomic E-state index is 13.4. The second kappa shape index (κ2) is 9.88. The average Bonchev–Trinajstić information content (AvgIpc) is 3.41. The molecule has 0 aliphatic rings. The number of hydrogen-bond donors (Lipinski definition) is 1. The molecule has 4 aromatic rings. The minimum Gasteiger partial charge on any atom is -0.465 e. The molecule has 10 heteroatoms. The molecule has 170 valence electrons. The highest BCUT2D eigenvalue weighted by atomic mass is 32.1. The second-order valence-electron chi connectivity index (χ2n) is 7.47. The molecule has 0 unspecified atom stereocenters. The predicted molar refractivity (Wildman–Crippen MR) is 121 cm³/mol. The molecule has 8 nitrogen and oxygen atoms in total. The zero-order chi connectivity index (χ0) is 23.4. The summed E-state index contributed by atoms with van der Waals surface area (Å²) in [5, 5.41) is 7.33. The van der Waals surface area contributed by atoms with Crippen molar-refractivity contribution in [1.29, 1.82) is 0 Å². The minimum absolute atomic E-state index is 0.0337. The van der Waals surface area contributed by atoms with Gasteiger partial charge in [0, 0.05) is 24.5 Å². The number of rotatable bonds is 8. The van der Waals surface area contributed by atoms with Crippen LogP contribution in [0.15, 0.2) is 53.3 Å². The van der Waals surface area contributed by atoms with Crippen molar-refractivity contribution in [2.45, 2.75) is 19.5 Å². The molecule has 0 aliphatic heterocycles. The van der Waals surface area contributed by atoms with Crippen molar-refractivity contribution < 1.29 is 23.2 Å². The standard InChI is InChI=1S/C23H21FN4O4S/c1-28(13-17-8-9-32-27-17)12-16-6-7-18-20(21(23(30)31-2)33-22(18)25-16)26-19(29)11-14-4-3-5-15(24)10-14/h3-10H,11-13H2,1-2H3,(H,26,29). The molecule has 1 N–H and O–H groups in total. The van der Waals surface area contributed by atoms with Crippen molar-refractivity contribution in [3.8, 4) is 0 Å². The SMILES string of the molecule is COC(=O)c1sc2nc(CN(C)Cc3ccon3)ccc2c1NC(=O)Cc1cccc(F)c1. The smallest absolute Gasteiger partial charge is 0.350 e. The quantitative estimate of drug-likeness (QED) is 0.390. The largest absolute Gasteiger partial charge is 0.465 e. The van der Waals surface area contributed by atoms with Crippen molar-refractivity contribution in [2.24, 2.45) is 0 Å². The van der Waals surface area contributed by atoms with E-state index in [1.165, 1.54) is 25.5 Å². The third kappa shape index (κ3) is 5.41. The Morgan fingerprint density at radius 1 is 1.18 bits per heavy atom. The summed E-state index contributed by atoms with van der Waals surface area (Å²) in [7, 11) is 3.22. The number of halogens is 1. The van der Waals surface area contributed by atoms with Crippen LogP contribution in [0.5, 0.6) is 0 Å². The summed E-state index contributed by atoms with van der Waals surface area (Å²) in [6.07, 6.45) is 1.49. The van der Waals surface area contributed by atoms with E-state index in [0.29, 0.717) is 34.6 Å². The van der Waals surface area contributed by atoms with E-state index >= 15 is 0 Å². The Morgan fingerprint density at radius 2 is 2.00 bits per heavy atom. The van der Waals surface area contributed by atoms with E-state index in [4.69, 9.17) is 9.26 Å². The number of carbonyl (C=O) groups is 2. The van der Waals surface area contributed by atoms with Crippen molar-refractivity contribution in [3.05, 3.63) is 76.4 Å². The number of nitrogens with one attached hydrogen (secondary N) is 1. The molecule has 3 heterocycles. The first-order valence-corrected chi connectivity index (χ1v) is 10.9. The van der Waals surface area contributed by atoms with Gasteiger partial charge in [-0.15, -0.1) is 11.3 Å². The van der Waals surface area contributed by atoms with E-state index in [1.807, 2.05) is 24.1 Å². The molecule has 33 heavy (non-hydrogen) atoms. The number of pyridine rings is 1. The Morgan fingerprint density at radius 3 is 2.73 bits per heavy atom. The molecule has 0 radical (unpaired) electrons. The Kier molecular flexibility index (Phi) is 6.76. The number of benzene rings is 1. The summed E-state index contributed by atoms with van der Waals surface area (Å²) in [4.78, 5) is 32.6. The van der Waals surface area contributed by atoms with E-state index in [9.17, 15) is 14.0 Å². The molecule has 1 aromatic carbocycles. The highest BCUT2D eigenvalue weighted by Crippen LogP contribution is 2.35. The monoisotopic (exact) mass is 468 g/mol. The van der Waals surface area contributed by atoms with Crippen LogP contribution in [0, 0.1) is 5.82 Å². The van der Waals surface area contributed by atoms with Gasteiger partial charge in [0.1, 0.15) is 21.8 Å². The Hall–Kier alpha value is -3.63. The number of amides is 1. The summed E-state index contributed by atoms with van der Waals surface area (Å²) in [6, 6.07) is 11.3. The van der Waals surface area contributed by atoms with Crippen LogP contribution in [0.2, 0.25) is 0 Å². The van der Waals surface area contributed by atoms with Crippen molar-refractivity contribution in [1.82, 2.24) is 15.0 Å². The van der Waals surface area contributed by atoms with Crippen LogP contribution < -0.4 is 5.32 Å². The van der Waals surface area contributed by atoms with Crippen LogP contribution in [0.25, 0.3) is 10.2 Å². The summed E-state index contributed by atoms with van der Waals surface area (Å²) in [5.74, 6) is -1.35. The van der Waals surface area contributed by atoms with Gasteiger partial charge in [0.2, 0.25) is 5.91 Å². The van der Waals surface area contributed by atoms with Crippen LogP contribution >= 0.6 is 11.3 Å². The van der Waals surface area contributed by atoms with E-state index in [2.05, 4.69) is 15.5 Å². The number of aromatic nitrogens is 2. The molecule has 0 spiro atoms. The van der Waals surface area contributed by atoms with Gasteiger partial charge >= 0.3 is 5.97 Å². The normalized spacial score (nSPS) is 11.2. The molecule has 4 rings (SSSR count). The second-order valence-corrected chi connectivity index (χ2v) is 8.47. The fraction of sp³-hybridized carbons (Fsp3) is 0.217. The van der Waals surface area contributed by atoms with Gasteiger partial charge < -0.3 is 14.6 Å². The van der Waals surface area contributed by atoms with Crippen molar-refractivity contribution in [3.63, 3.8) is 0 Å². The highest BCUT2D eigenvalue weighted by Gasteiger charge is 2.22. The maximum atomic E-state index is 13.4. The summed E-state index contributed by atoms with van der Waals surface area (Å²) < 4.78 is 23.2. The number of nitrogens with zero attached hydrogens (tertiary/aromatic N) is 3. The third-order valence-corrected chi connectivity index (χ3v) is 5.94. The molecule has 0 saturated heterocycles. The lowest BCUT2D eigenvalue weighted by molar-refractivity contribution is -0.115. The fourth-order valence-corrected chi connectivity index (χ4v) is 4.48. The average molecular weight is 469 g/mol. The third-order valence-electron chi connectivity index (χ3n) is 4.86. The molecule has 0 saturated carbocycles. The van der Waals surface area contributed by atoms with Gasteiger partial charge in [-0.05, 0) is 36.9 Å². The lowest BCUT2D eigenvalue weighted by Gasteiger charge is -2.14. The first-order chi connectivity index (χ1) is 15.9. The number of methoxy groups -OCH3 is 1. The number of fused-ring (bicyclic) bond motifs is 1. The Balaban J connectivity index is 1.56. The lowest BCUT2D eigenvalue weighted by Crippen LogP contribution is -2.18. The van der Waals surface area contributed by atoms with E-state index < -0.39 is 11.8 Å². The first-order valence-electron chi connectivity index (χ1n) is 10.1. The van der Waals surface area contributed by atoms with Gasteiger partial charge in [0.15, 0.2) is 0 Å². The molecule has 0 bridgehead atoms. The van der Waals surface area contributed by atoms with Crippen LogP contribution in [0.1, 0.15) is 26.6 Å². The van der Waals surface area contributed by atoms with Crippen LogP contribution in [0.4, 0.5) is 10.1 Å². The zero-order valence-corrected chi connectivity index (χ0v) is 18.8. The number of esters is 1. The van der Waals surface area contributed by atoms with E-state index in [0.717, 1.165) is 22.7 Å². The first kappa shape index (κ1) is 22.6. The molecule has 0 atom stereocenters. The maximum Gasteiger partial charge on any atom is 0.350 e. The molecule has 0 aliphatic carbocycles. The summed E-state index contributed by atoms with van der Waals surface area (Å²) in [5.41, 5.74) is 2.48. The van der Waals surface area contributed by atoms with Gasteiger partial charge in [0.05, 0.1) is 30.6 Å². The van der Waals surface area contributed by atoms with E-state index in [-0.39, 0.29) is 17.2 Å². The minimum atomic E-state index is -0.566. The molecular weight excluding hydrogens is 447 g/mol. The fourth-order valence-electron chi connectivity index (χ4n) is 3.41. The van der Waals surface area contributed by atoms with Gasteiger partial charge in [-0.25, -0.2) is 14.2 Å². The van der Waals surface area contributed by atoms with Crippen molar-refractivity contribution in [2.75, 3.05) is 19.5 Å². The lowest BCUT2D eigenvalue weighted by atomic mass is 10.1. The van der Waals surface area contributed by atoms with Gasteiger partial charge in [-0.2, -0.15) is 0 Å². The Labute approximate surface area is 193 Å². The highest BCUT2D eigenvalue weighted by molar-refractivity contribution is 7.21. The summed E-state index contributed by atoms with van der Waals surface area (Å²) in [6.45, 7) is 1.14. The number of thiophene rings is 1. The van der Waals surface area contributed by atoms with Gasteiger partial charge in [0.25, 0.3) is 0 Å². The number of carbonyl (C=O) groups excluding carboxylic acids is 2. The Bertz CT molecular complexity index is 1290. The van der Waals surface area contributed by atoms with E-state index in [1.54, 1.807) is 18.2 Å². The van der Waals surface area contributed by atoms with Crippen LogP contribution in [-0.4, -0.2) is 41.1 Å². The van der Waals surface area contributed by atoms with Crippen molar-refractivity contribution >= 4 is 39.1 Å². The zero-order valence-electron chi connectivity index (χ0n) is 18.0. The molecule has 0 fully saturated rings. The molecular formula is C23H21FN4O4S. The predicted octanol–water partition coefficient (Wildman–Crippen LogP) is 4.02. The number of anilines is 1. The molecule has 3 aromatic heterocycles. The van der Waals surface area contributed by atoms with Gasteiger partial charge in [-0.1, -0.05) is 17.3 Å². The molecule has 1 amide bonds. The summed E-state index contributed by atoms with van der Waals surface area (Å²) >= 11 is 1.15. The van der Waals surface area contributed by atoms with Gasteiger partial charge in [-0.3, -0.25) is 9.69 Å². The number of ether oxygens (including phenoxy) is 1. The number of hydrogen-bond acceptors (Lipinski definition) is 8.